The standard InChI is InChI=1S/C28H25N3O5/c1-4-36-28(34)24-22(19(15-29-24)26(32)16-10-6-5-7-11-16)23-25-18(14-20(30-23)27(33)35-3)17-12-8-9-13-21(17)31(25)2/h5-15,22,24,29H,4H2,1-3H3/t22-,24+/m0/s1. The van der Waals surface area contributed by atoms with Gasteiger partial charge in [-0.3, -0.25) is 4.79 Å². The molecule has 0 aliphatic carbocycles. The summed E-state index contributed by atoms with van der Waals surface area (Å²) in [5, 5.41) is 4.74. The van der Waals surface area contributed by atoms with Crippen LogP contribution in [0.15, 0.2) is 72.4 Å². The lowest BCUT2D eigenvalue weighted by Crippen LogP contribution is -2.37. The molecule has 182 valence electrons. The smallest absolute Gasteiger partial charge is 0.356 e. The van der Waals surface area contributed by atoms with Gasteiger partial charge < -0.3 is 19.4 Å². The number of rotatable bonds is 6. The van der Waals surface area contributed by atoms with Crippen molar-refractivity contribution in [1.29, 1.82) is 0 Å². The molecule has 4 aromatic rings. The Balaban J connectivity index is 1.79. The number of aryl methyl sites for hydroxylation is 1. The van der Waals surface area contributed by atoms with Gasteiger partial charge >= 0.3 is 11.9 Å². The van der Waals surface area contributed by atoms with Crippen LogP contribution in [0, 0.1) is 0 Å². The molecule has 3 heterocycles. The summed E-state index contributed by atoms with van der Waals surface area (Å²) < 4.78 is 12.3. The number of ketones is 1. The number of nitrogens with one attached hydrogen (secondary N) is 1. The van der Waals surface area contributed by atoms with Gasteiger partial charge in [0.15, 0.2) is 5.78 Å². The molecule has 8 heteroatoms. The molecule has 0 radical (unpaired) electrons. The number of hydrogen-bond donors (Lipinski definition) is 1. The lowest BCUT2D eigenvalue weighted by Gasteiger charge is -2.22. The second-order valence-corrected chi connectivity index (χ2v) is 8.53. The number of Topliss-reactive ketones (excluding diaryl/α,β-unsaturated/α-hetero) is 1. The van der Waals surface area contributed by atoms with Crippen LogP contribution >= 0.6 is 0 Å². The molecule has 1 aliphatic heterocycles. The molecule has 0 unspecified atom stereocenters. The highest BCUT2D eigenvalue weighted by Crippen LogP contribution is 2.40. The first-order chi connectivity index (χ1) is 17.5. The Labute approximate surface area is 207 Å². The van der Waals surface area contributed by atoms with E-state index in [1.165, 1.54) is 7.11 Å². The van der Waals surface area contributed by atoms with Gasteiger partial charge in [0.1, 0.15) is 11.7 Å². The second-order valence-electron chi connectivity index (χ2n) is 8.53. The minimum absolute atomic E-state index is 0.0948. The van der Waals surface area contributed by atoms with Crippen LogP contribution in [-0.2, 0) is 21.3 Å². The van der Waals surface area contributed by atoms with Crippen molar-refractivity contribution in [2.24, 2.45) is 7.05 Å². The van der Waals surface area contributed by atoms with Crippen molar-refractivity contribution in [3.05, 3.63) is 89.4 Å². The number of methoxy groups -OCH3 is 1. The Hall–Kier alpha value is -4.46. The molecule has 1 N–H and O–H groups in total. The Bertz CT molecular complexity index is 1540. The van der Waals surface area contributed by atoms with E-state index in [-0.39, 0.29) is 18.1 Å². The van der Waals surface area contributed by atoms with Crippen molar-refractivity contribution in [2.45, 2.75) is 18.9 Å². The molecule has 5 rings (SSSR count). The van der Waals surface area contributed by atoms with E-state index in [0.29, 0.717) is 16.8 Å². The summed E-state index contributed by atoms with van der Waals surface area (Å²) in [6, 6.07) is 17.4. The zero-order valence-corrected chi connectivity index (χ0v) is 20.1. The Morgan fingerprint density at radius 2 is 1.75 bits per heavy atom. The average Bonchev–Trinajstić information content (AvgIpc) is 3.48. The number of carbonyl (C=O) groups is 3. The van der Waals surface area contributed by atoms with Gasteiger partial charge in [0.05, 0.1) is 30.8 Å². The third kappa shape index (κ3) is 3.71. The number of benzene rings is 2. The fraction of sp³-hybridized carbons (Fsp3) is 0.214. The molecule has 1 aliphatic rings. The third-order valence-electron chi connectivity index (χ3n) is 6.53. The maximum atomic E-state index is 13.6. The zero-order valence-electron chi connectivity index (χ0n) is 20.1. The highest BCUT2D eigenvalue weighted by atomic mass is 16.5. The molecule has 36 heavy (non-hydrogen) atoms. The number of carbonyl (C=O) groups excluding carboxylic acids is 3. The molecule has 0 saturated carbocycles. The van der Waals surface area contributed by atoms with Crippen molar-refractivity contribution < 1.29 is 23.9 Å². The molecular weight excluding hydrogens is 458 g/mol. The molecule has 0 saturated heterocycles. The van der Waals surface area contributed by atoms with Crippen LogP contribution in [0.1, 0.15) is 39.4 Å². The van der Waals surface area contributed by atoms with E-state index in [0.717, 1.165) is 21.8 Å². The minimum Gasteiger partial charge on any atom is -0.464 e. The van der Waals surface area contributed by atoms with Crippen molar-refractivity contribution >= 4 is 39.5 Å². The van der Waals surface area contributed by atoms with E-state index < -0.39 is 23.9 Å². The first-order valence-electron chi connectivity index (χ1n) is 11.6. The number of para-hydroxylation sites is 1. The van der Waals surface area contributed by atoms with Gasteiger partial charge in [0, 0.05) is 40.7 Å². The van der Waals surface area contributed by atoms with E-state index in [2.05, 4.69) is 5.32 Å². The number of pyridine rings is 1. The first-order valence-corrected chi connectivity index (χ1v) is 11.6. The van der Waals surface area contributed by atoms with Gasteiger partial charge in [0.25, 0.3) is 0 Å². The van der Waals surface area contributed by atoms with Crippen molar-refractivity contribution in [2.75, 3.05) is 13.7 Å². The summed E-state index contributed by atoms with van der Waals surface area (Å²) in [7, 11) is 3.19. The van der Waals surface area contributed by atoms with Crippen LogP contribution in [0.4, 0.5) is 0 Å². The molecule has 2 atom stereocenters. The van der Waals surface area contributed by atoms with E-state index in [1.807, 2.05) is 41.9 Å². The van der Waals surface area contributed by atoms with E-state index >= 15 is 0 Å². The van der Waals surface area contributed by atoms with Crippen molar-refractivity contribution in [3.8, 4) is 0 Å². The van der Waals surface area contributed by atoms with E-state index in [4.69, 9.17) is 14.5 Å². The number of aromatic nitrogens is 2. The summed E-state index contributed by atoms with van der Waals surface area (Å²) in [6.07, 6.45) is 1.56. The highest BCUT2D eigenvalue weighted by molar-refractivity contribution is 6.13. The summed E-state index contributed by atoms with van der Waals surface area (Å²) in [5.74, 6) is -2.15. The van der Waals surface area contributed by atoms with Gasteiger partial charge in [-0.2, -0.15) is 0 Å². The number of ether oxygens (including phenoxy) is 2. The van der Waals surface area contributed by atoms with Gasteiger partial charge in [-0.1, -0.05) is 48.5 Å². The van der Waals surface area contributed by atoms with Crippen LogP contribution in [0.3, 0.4) is 0 Å². The molecule has 8 nitrogen and oxygen atoms in total. The van der Waals surface area contributed by atoms with Crippen molar-refractivity contribution in [1.82, 2.24) is 14.9 Å². The van der Waals surface area contributed by atoms with Crippen LogP contribution in [0.5, 0.6) is 0 Å². The summed E-state index contributed by atoms with van der Waals surface area (Å²) in [5.41, 5.74) is 3.01. The maximum absolute atomic E-state index is 13.6. The topological polar surface area (TPSA) is 99.5 Å². The quantitative estimate of drug-likeness (QED) is 0.328. The van der Waals surface area contributed by atoms with Gasteiger partial charge in [0.2, 0.25) is 0 Å². The maximum Gasteiger partial charge on any atom is 0.356 e. The van der Waals surface area contributed by atoms with Crippen LogP contribution in [0.2, 0.25) is 0 Å². The first kappa shape index (κ1) is 23.3. The van der Waals surface area contributed by atoms with Crippen LogP contribution in [-0.4, -0.2) is 47.0 Å². The molecule has 0 spiro atoms. The lowest BCUT2D eigenvalue weighted by atomic mass is 9.85. The SMILES string of the molecule is CCOC(=O)[C@@H]1NC=C(C(=O)c2ccccc2)[C@H]1c1nc(C(=O)OC)cc2c3ccccc3n(C)c12. The molecular formula is C28H25N3O5. The number of esters is 2. The van der Waals surface area contributed by atoms with E-state index in [9.17, 15) is 14.4 Å². The number of nitrogens with zero attached hydrogens (tertiary/aromatic N) is 2. The number of fused-ring (bicyclic) bond motifs is 3. The third-order valence-corrected chi connectivity index (χ3v) is 6.53. The average molecular weight is 484 g/mol. The predicted octanol–water partition coefficient (Wildman–Crippen LogP) is 3.90. The monoisotopic (exact) mass is 483 g/mol. The Kier molecular flexibility index (Phi) is 6.01. The van der Waals surface area contributed by atoms with E-state index in [1.54, 1.807) is 43.5 Å². The Morgan fingerprint density at radius 1 is 1.03 bits per heavy atom. The summed E-state index contributed by atoms with van der Waals surface area (Å²) in [6.45, 7) is 1.91. The molecule has 0 amide bonds. The highest BCUT2D eigenvalue weighted by Gasteiger charge is 2.43. The summed E-state index contributed by atoms with van der Waals surface area (Å²) in [4.78, 5) is 44.0. The van der Waals surface area contributed by atoms with Crippen LogP contribution < -0.4 is 5.32 Å². The lowest BCUT2D eigenvalue weighted by molar-refractivity contribution is -0.145. The number of hydrogen-bond acceptors (Lipinski definition) is 7. The zero-order chi connectivity index (χ0) is 25.4. The fourth-order valence-corrected chi connectivity index (χ4v) is 4.91. The molecule has 2 aromatic heterocycles. The van der Waals surface area contributed by atoms with Gasteiger partial charge in [-0.25, -0.2) is 14.6 Å². The summed E-state index contributed by atoms with van der Waals surface area (Å²) >= 11 is 0. The second kappa shape index (κ2) is 9.30. The van der Waals surface area contributed by atoms with Gasteiger partial charge in [-0.05, 0) is 19.1 Å². The predicted molar refractivity (Wildman–Crippen MR) is 135 cm³/mol. The minimum atomic E-state index is -0.894. The van der Waals surface area contributed by atoms with Crippen molar-refractivity contribution in [3.63, 3.8) is 0 Å². The van der Waals surface area contributed by atoms with Gasteiger partial charge in [-0.15, -0.1) is 0 Å². The molecule has 0 fully saturated rings. The van der Waals surface area contributed by atoms with Crippen LogP contribution in [0.25, 0.3) is 21.8 Å². The normalized spacial score (nSPS) is 17.0. The molecule has 0 bridgehead atoms. The fourth-order valence-electron chi connectivity index (χ4n) is 4.91. The largest absolute Gasteiger partial charge is 0.464 e. The Morgan fingerprint density at radius 3 is 2.47 bits per heavy atom. The molecule has 2 aromatic carbocycles.